The molecule has 1 aliphatic rings. The summed E-state index contributed by atoms with van der Waals surface area (Å²) in [5.41, 5.74) is 7.01. The van der Waals surface area contributed by atoms with Gasteiger partial charge >= 0.3 is 0 Å². The van der Waals surface area contributed by atoms with E-state index in [2.05, 4.69) is 44.4 Å². The monoisotopic (exact) mass is 381 g/mol. The minimum absolute atomic E-state index is 0.0232. The van der Waals surface area contributed by atoms with Crippen molar-refractivity contribution in [3.05, 3.63) is 0 Å². The van der Waals surface area contributed by atoms with Crippen LogP contribution in [-0.2, 0) is 0 Å². The highest BCUT2D eigenvalue weighted by Crippen LogP contribution is 2.28. The average molecular weight is 382 g/mol. The molecule has 162 valence electrons. The predicted molar refractivity (Wildman–Crippen MR) is 121 cm³/mol. The molecule has 1 rings (SSSR count). The molecule has 0 bridgehead atoms. The van der Waals surface area contributed by atoms with Crippen molar-refractivity contribution in [3.63, 3.8) is 0 Å². The van der Waals surface area contributed by atoms with E-state index in [0.717, 1.165) is 19.8 Å². The first-order chi connectivity index (χ1) is 13.0. The summed E-state index contributed by atoms with van der Waals surface area (Å²) in [6.45, 7) is 15.0. The number of nitrogens with zero attached hydrogens (tertiary/aromatic N) is 2. The quantitative estimate of drug-likeness (QED) is 0.344. The molecular weight excluding hydrogens is 330 g/mol. The molecule has 27 heavy (non-hydrogen) atoms. The van der Waals surface area contributed by atoms with Crippen molar-refractivity contribution in [3.8, 4) is 0 Å². The Kier molecular flexibility index (Phi) is 12.9. The minimum Gasteiger partial charge on any atom is -0.323 e. The van der Waals surface area contributed by atoms with Gasteiger partial charge in [-0.25, -0.2) is 0 Å². The zero-order valence-corrected chi connectivity index (χ0v) is 19.4. The smallest absolute Gasteiger partial charge is 0.0513 e. The van der Waals surface area contributed by atoms with Crippen LogP contribution in [0.2, 0.25) is 0 Å². The molecule has 0 amide bonds. The van der Waals surface area contributed by atoms with Crippen LogP contribution in [0.15, 0.2) is 0 Å². The van der Waals surface area contributed by atoms with Crippen LogP contribution in [0.25, 0.3) is 0 Å². The first kappa shape index (κ1) is 24.9. The zero-order chi connectivity index (χ0) is 20.1. The number of unbranched alkanes of at least 4 members (excludes halogenated alkanes) is 5. The van der Waals surface area contributed by atoms with E-state index in [9.17, 15) is 0 Å². The second-order valence-corrected chi connectivity index (χ2v) is 9.22. The van der Waals surface area contributed by atoms with Crippen molar-refractivity contribution in [2.75, 3.05) is 19.8 Å². The van der Waals surface area contributed by atoms with Crippen molar-refractivity contribution >= 4 is 0 Å². The fourth-order valence-corrected chi connectivity index (χ4v) is 4.92. The maximum absolute atomic E-state index is 7.04. The molecule has 1 aliphatic heterocycles. The lowest BCUT2D eigenvalue weighted by atomic mass is 9.88. The largest absolute Gasteiger partial charge is 0.323 e. The van der Waals surface area contributed by atoms with Gasteiger partial charge in [0, 0.05) is 30.7 Å². The van der Waals surface area contributed by atoms with Crippen molar-refractivity contribution in [2.45, 2.75) is 136 Å². The van der Waals surface area contributed by atoms with Gasteiger partial charge in [-0.1, -0.05) is 86.0 Å². The SMILES string of the molecule is CCCCCC(CC)N1CN(C(CC)CCCCC)CC(N)(CCCC)C1. The van der Waals surface area contributed by atoms with Crippen LogP contribution in [0.1, 0.15) is 118 Å². The lowest BCUT2D eigenvalue weighted by molar-refractivity contribution is -0.0262. The Morgan fingerprint density at radius 3 is 1.52 bits per heavy atom. The topological polar surface area (TPSA) is 32.5 Å². The molecule has 0 aromatic heterocycles. The lowest BCUT2D eigenvalue weighted by Gasteiger charge is -2.51. The van der Waals surface area contributed by atoms with E-state index in [1.165, 1.54) is 83.5 Å². The van der Waals surface area contributed by atoms with Gasteiger partial charge in [-0.15, -0.1) is 0 Å². The minimum atomic E-state index is -0.0232. The Morgan fingerprint density at radius 1 is 0.704 bits per heavy atom. The number of nitrogens with two attached hydrogens (primary N) is 1. The summed E-state index contributed by atoms with van der Waals surface area (Å²) in [5, 5.41) is 0. The summed E-state index contributed by atoms with van der Waals surface area (Å²) < 4.78 is 0. The fraction of sp³-hybridized carbons (Fsp3) is 1.00. The second kappa shape index (κ2) is 14.0. The molecule has 0 saturated carbocycles. The Labute approximate surface area is 171 Å². The van der Waals surface area contributed by atoms with E-state index in [-0.39, 0.29) is 5.54 Å². The van der Waals surface area contributed by atoms with E-state index >= 15 is 0 Å². The highest BCUT2D eigenvalue weighted by molar-refractivity contribution is 4.97. The van der Waals surface area contributed by atoms with Crippen LogP contribution in [0, 0.1) is 0 Å². The Balaban J connectivity index is 2.85. The van der Waals surface area contributed by atoms with Gasteiger partial charge in [-0.05, 0) is 32.1 Å². The molecule has 2 N–H and O–H groups in total. The van der Waals surface area contributed by atoms with E-state index in [4.69, 9.17) is 5.73 Å². The summed E-state index contributed by atoms with van der Waals surface area (Å²) in [6, 6.07) is 1.41. The normalized spacial score (nSPS) is 24.2. The van der Waals surface area contributed by atoms with Crippen LogP contribution in [0.4, 0.5) is 0 Å². The third-order valence-corrected chi connectivity index (χ3v) is 6.68. The first-order valence-corrected chi connectivity index (χ1v) is 12.3. The van der Waals surface area contributed by atoms with Crippen LogP contribution in [0.3, 0.4) is 0 Å². The Morgan fingerprint density at radius 2 is 1.15 bits per heavy atom. The molecule has 3 nitrogen and oxygen atoms in total. The van der Waals surface area contributed by atoms with Gasteiger partial charge in [-0.3, -0.25) is 9.80 Å². The molecule has 2 atom stereocenters. The second-order valence-electron chi connectivity index (χ2n) is 9.22. The van der Waals surface area contributed by atoms with Crippen molar-refractivity contribution in [1.82, 2.24) is 9.80 Å². The van der Waals surface area contributed by atoms with Crippen molar-refractivity contribution in [2.24, 2.45) is 5.73 Å². The molecule has 0 aromatic rings. The third kappa shape index (κ3) is 8.83. The maximum atomic E-state index is 7.04. The molecule has 1 saturated heterocycles. The molecule has 0 aliphatic carbocycles. The van der Waals surface area contributed by atoms with Crippen LogP contribution >= 0.6 is 0 Å². The van der Waals surface area contributed by atoms with E-state index in [1.807, 2.05) is 0 Å². The number of hydrogen-bond donors (Lipinski definition) is 1. The molecule has 0 radical (unpaired) electrons. The summed E-state index contributed by atoms with van der Waals surface area (Å²) in [6.07, 6.45) is 17.0. The summed E-state index contributed by atoms with van der Waals surface area (Å²) >= 11 is 0. The summed E-state index contributed by atoms with van der Waals surface area (Å²) in [5.74, 6) is 0. The van der Waals surface area contributed by atoms with Crippen LogP contribution in [0.5, 0.6) is 0 Å². The molecule has 1 fully saturated rings. The lowest BCUT2D eigenvalue weighted by Crippen LogP contribution is -2.67. The van der Waals surface area contributed by atoms with Gasteiger partial charge in [-0.2, -0.15) is 0 Å². The Bertz CT molecular complexity index is 332. The van der Waals surface area contributed by atoms with Gasteiger partial charge < -0.3 is 5.73 Å². The van der Waals surface area contributed by atoms with Gasteiger partial charge in [0.05, 0.1) is 6.67 Å². The van der Waals surface area contributed by atoms with E-state index in [1.54, 1.807) is 0 Å². The molecule has 2 unspecified atom stereocenters. The van der Waals surface area contributed by atoms with E-state index < -0.39 is 0 Å². The van der Waals surface area contributed by atoms with Gasteiger partial charge in [0.1, 0.15) is 0 Å². The third-order valence-electron chi connectivity index (χ3n) is 6.68. The van der Waals surface area contributed by atoms with E-state index in [0.29, 0.717) is 12.1 Å². The van der Waals surface area contributed by atoms with Crippen molar-refractivity contribution in [1.29, 1.82) is 0 Å². The van der Waals surface area contributed by atoms with Gasteiger partial charge in [0.2, 0.25) is 0 Å². The number of hydrogen-bond acceptors (Lipinski definition) is 3. The molecule has 0 spiro atoms. The molecule has 0 aromatic carbocycles. The summed E-state index contributed by atoms with van der Waals surface area (Å²) in [4.78, 5) is 5.52. The fourth-order valence-electron chi connectivity index (χ4n) is 4.92. The number of rotatable bonds is 15. The molecular formula is C24H51N3. The van der Waals surface area contributed by atoms with Crippen LogP contribution < -0.4 is 5.73 Å². The van der Waals surface area contributed by atoms with Crippen LogP contribution in [-0.4, -0.2) is 47.2 Å². The van der Waals surface area contributed by atoms with Gasteiger partial charge in [0.15, 0.2) is 0 Å². The first-order valence-electron chi connectivity index (χ1n) is 12.3. The van der Waals surface area contributed by atoms with Crippen molar-refractivity contribution < 1.29 is 0 Å². The Hall–Kier alpha value is -0.120. The predicted octanol–water partition coefficient (Wildman–Crippen LogP) is 6.17. The average Bonchev–Trinajstić information content (AvgIpc) is 2.66. The standard InChI is InChI=1S/C24H51N3/c1-6-11-14-16-22(9-4)26-19-24(25,18-13-8-3)20-27(21-26)23(10-5)17-15-12-7-2/h22-23H,6-21,25H2,1-5H3. The highest BCUT2D eigenvalue weighted by atomic mass is 15.4. The summed E-state index contributed by atoms with van der Waals surface area (Å²) in [7, 11) is 0. The highest BCUT2D eigenvalue weighted by Gasteiger charge is 2.39. The zero-order valence-electron chi connectivity index (χ0n) is 19.4. The maximum Gasteiger partial charge on any atom is 0.0513 e. The molecule has 3 heteroatoms. The van der Waals surface area contributed by atoms with Gasteiger partial charge in [0.25, 0.3) is 0 Å². The molecule has 1 heterocycles.